The van der Waals surface area contributed by atoms with Crippen molar-refractivity contribution >= 4 is 29.0 Å². The van der Waals surface area contributed by atoms with E-state index in [2.05, 4.69) is 20.3 Å². The van der Waals surface area contributed by atoms with Crippen molar-refractivity contribution < 1.29 is 4.92 Å². The standard InChI is InChI=1S/C20H25Cl2N5O2/c21-16-7-5-13-23-18(16)9-1-3-11-25-20(15-27(28)29)26-12-4-2-10-19-17(22)8-6-14-24-19/h5-8,13-14H,1-4,9-12,15H2,(H,25,26). The van der Waals surface area contributed by atoms with Gasteiger partial charge >= 0.3 is 0 Å². The number of pyridine rings is 2. The molecule has 156 valence electrons. The second kappa shape index (κ2) is 13.1. The van der Waals surface area contributed by atoms with Crippen LogP contribution in [0.25, 0.3) is 0 Å². The maximum Gasteiger partial charge on any atom is 0.259 e. The van der Waals surface area contributed by atoms with Crippen molar-refractivity contribution in [2.45, 2.75) is 38.5 Å². The summed E-state index contributed by atoms with van der Waals surface area (Å²) in [6.07, 6.45) is 8.42. The van der Waals surface area contributed by atoms with Crippen molar-refractivity contribution in [3.63, 3.8) is 0 Å². The Kier molecular flexibility index (Phi) is 10.4. The second-order valence-electron chi connectivity index (χ2n) is 6.52. The van der Waals surface area contributed by atoms with E-state index in [1.807, 2.05) is 12.1 Å². The molecule has 2 rings (SSSR count). The maximum atomic E-state index is 10.9. The van der Waals surface area contributed by atoms with Crippen molar-refractivity contribution in [2.75, 3.05) is 19.6 Å². The summed E-state index contributed by atoms with van der Waals surface area (Å²) in [6, 6.07) is 7.25. The van der Waals surface area contributed by atoms with Gasteiger partial charge in [-0.05, 0) is 62.8 Å². The normalized spacial score (nSPS) is 11.4. The number of hydrogen-bond donors (Lipinski definition) is 1. The van der Waals surface area contributed by atoms with E-state index in [4.69, 9.17) is 23.2 Å². The predicted octanol–water partition coefficient (Wildman–Crippen LogP) is 4.39. The van der Waals surface area contributed by atoms with Crippen molar-refractivity contribution in [2.24, 2.45) is 4.99 Å². The minimum absolute atomic E-state index is 0.294. The minimum atomic E-state index is -0.368. The molecule has 2 aromatic heterocycles. The van der Waals surface area contributed by atoms with Crippen molar-refractivity contribution in [3.05, 3.63) is 68.2 Å². The summed E-state index contributed by atoms with van der Waals surface area (Å²) in [5.41, 5.74) is 1.75. The molecule has 0 aliphatic rings. The summed E-state index contributed by atoms with van der Waals surface area (Å²) in [5, 5.41) is 15.3. The maximum absolute atomic E-state index is 10.9. The lowest BCUT2D eigenvalue weighted by Gasteiger charge is -2.08. The summed E-state index contributed by atoms with van der Waals surface area (Å²) in [7, 11) is 0. The summed E-state index contributed by atoms with van der Waals surface area (Å²) in [6.45, 7) is 0.864. The molecule has 0 fully saturated rings. The zero-order valence-electron chi connectivity index (χ0n) is 16.2. The van der Waals surface area contributed by atoms with Gasteiger partial charge in [0.2, 0.25) is 0 Å². The van der Waals surface area contributed by atoms with E-state index in [1.54, 1.807) is 24.5 Å². The molecule has 0 atom stereocenters. The Morgan fingerprint density at radius 2 is 1.59 bits per heavy atom. The third-order valence-corrected chi connectivity index (χ3v) is 4.93. The minimum Gasteiger partial charge on any atom is -0.368 e. The van der Waals surface area contributed by atoms with Gasteiger partial charge in [-0.25, -0.2) is 0 Å². The number of aliphatic imine (C=N–C) groups is 1. The van der Waals surface area contributed by atoms with Crippen LogP contribution < -0.4 is 5.32 Å². The number of nitrogens with zero attached hydrogens (tertiary/aromatic N) is 4. The highest BCUT2D eigenvalue weighted by atomic mass is 35.5. The third kappa shape index (κ3) is 9.19. The average molecular weight is 438 g/mol. The topological polar surface area (TPSA) is 93.3 Å². The highest BCUT2D eigenvalue weighted by Crippen LogP contribution is 2.15. The third-order valence-electron chi connectivity index (χ3n) is 4.24. The number of aromatic nitrogens is 2. The number of aryl methyl sites for hydroxylation is 2. The first kappa shape index (κ1) is 23.0. The Bertz CT molecular complexity index is 817. The molecule has 0 aliphatic heterocycles. The number of amidine groups is 1. The van der Waals surface area contributed by atoms with Crippen LogP contribution in [-0.4, -0.2) is 40.4 Å². The number of unbranched alkanes of at least 4 members (excludes halogenated alkanes) is 2. The second-order valence-corrected chi connectivity index (χ2v) is 7.34. The fraction of sp³-hybridized carbons (Fsp3) is 0.450. The van der Waals surface area contributed by atoms with Crippen LogP contribution in [0.5, 0.6) is 0 Å². The molecule has 29 heavy (non-hydrogen) atoms. The monoisotopic (exact) mass is 437 g/mol. The summed E-state index contributed by atoms with van der Waals surface area (Å²) in [5.74, 6) is 0.418. The lowest BCUT2D eigenvalue weighted by atomic mass is 10.2. The van der Waals surface area contributed by atoms with Gasteiger partial charge in [0.25, 0.3) is 6.54 Å². The van der Waals surface area contributed by atoms with E-state index in [9.17, 15) is 10.1 Å². The Hall–Kier alpha value is -2.25. The molecule has 0 saturated heterocycles. The average Bonchev–Trinajstić information content (AvgIpc) is 2.69. The molecular weight excluding hydrogens is 413 g/mol. The first-order valence-electron chi connectivity index (χ1n) is 9.64. The van der Waals surface area contributed by atoms with E-state index >= 15 is 0 Å². The predicted molar refractivity (Wildman–Crippen MR) is 117 cm³/mol. The van der Waals surface area contributed by atoms with Crippen LogP contribution in [0.1, 0.15) is 37.1 Å². The zero-order valence-corrected chi connectivity index (χ0v) is 17.7. The van der Waals surface area contributed by atoms with Gasteiger partial charge in [0, 0.05) is 30.4 Å². The summed E-state index contributed by atoms with van der Waals surface area (Å²) < 4.78 is 0. The van der Waals surface area contributed by atoms with E-state index in [0.29, 0.717) is 29.0 Å². The number of nitrogens with one attached hydrogen (secondary N) is 1. The van der Waals surface area contributed by atoms with Gasteiger partial charge in [-0.2, -0.15) is 0 Å². The molecule has 0 radical (unpaired) electrons. The molecule has 2 aromatic rings. The molecule has 0 unspecified atom stereocenters. The van der Waals surface area contributed by atoms with E-state index in [0.717, 1.165) is 49.9 Å². The van der Waals surface area contributed by atoms with E-state index in [-0.39, 0.29) is 11.5 Å². The highest BCUT2D eigenvalue weighted by molar-refractivity contribution is 6.31. The Labute approximate surface area is 180 Å². The Balaban J connectivity index is 1.68. The van der Waals surface area contributed by atoms with Crippen molar-refractivity contribution in [1.29, 1.82) is 0 Å². The van der Waals surface area contributed by atoms with E-state index < -0.39 is 0 Å². The first-order valence-corrected chi connectivity index (χ1v) is 10.4. The van der Waals surface area contributed by atoms with Crippen LogP contribution >= 0.6 is 23.2 Å². The quantitative estimate of drug-likeness (QED) is 0.174. The molecule has 2 heterocycles. The largest absolute Gasteiger partial charge is 0.368 e. The van der Waals surface area contributed by atoms with Crippen LogP contribution in [0.3, 0.4) is 0 Å². The fourth-order valence-corrected chi connectivity index (χ4v) is 3.19. The first-order chi connectivity index (χ1) is 14.1. The summed E-state index contributed by atoms with van der Waals surface area (Å²) >= 11 is 12.2. The SMILES string of the molecule is O=[N+]([O-])CC(=NCCCCc1ncccc1Cl)NCCCCc1ncccc1Cl. The molecule has 0 aliphatic carbocycles. The fourth-order valence-electron chi connectivity index (χ4n) is 2.76. The van der Waals surface area contributed by atoms with Crippen LogP contribution in [0.2, 0.25) is 10.0 Å². The Morgan fingerprint density at radius 1 is 1.00 bits per heavy atom. The highest BCUT2D eigenvalue weighted by Gasteiger charge is 2.07. The van der Waals surface area contributed by atoms with Crippen molar-refractivity contribution in [1.82, 2.24) is 15.3 Å². The molecule has 0 bridgehead atoms. The van der Waals surface area contributed by atoms with Crippen LogP contribution in [0.4, 0.5) is 0 Å². The van der Waals surface area contributed by atoms with Gasteiger partial charge in [-0.1, -0.05) is 23.2 Å². The van der Waals surface area contributed by atoms with Gasteiger partial charge in [-0.3, -0.25) is 25.1 Å². The molecule has 0 spiro atoms. The Morgan fingerprint density at radius 3 is 2.14 bits per heavy atom. The number of halogens is 2. The van der Waals surface area contributed by atoms with Gasteiger partial charge in [0.05, 0.1) is 21.4 Å². The van der Waals surface area contributed by atoms with Gasteiger partial charge < -0.3 is 5.32 Å². The van der Waals surface area contributed by atoms with Gasteiger partial charge in [-0.15, -0.1) is 0 Å². The van der Waals surface area contributed by atoms with E-state index in [1.165, 1.54) is 0 Å². The number of hydrogen-bond acceptors (Lipinski definition) is 5. The van der Waals surface area contributed by atoms with Crippen LogP contribution in [0, 0.1) is 10.1 Å². The number of nitro groups is 1. The zero-order chi connectivity index (χ0) is 20.9. The molecular formula is C20H25Cl2N5O2. The molecule has 7 nitrogen and oxygen atoms in total. The molecule has 0 amide bonds. The molecule has 1 N–H and O–H groups in total. The van der Waals surface area contributed by atoms with Gasteiger partial charge in [0.15, 0.2) is 5.84 Å². The van der Waals surface area contributed by atoms with Crippen molar-refractivity contribution in [3.8, 4) is 0 Å². The molecule has 0 aromatic carbocycles. The smallest absolute Gasteiger partial charge is 0.259 e. The van der Waals surface area contributed by atoms with Gasteiger partial charge in [0.1, 0.15) is 0 Å². The number of rotatable bonds is 12. The lowest BCUT2D eigenvalue weighted by Crippen LogP contribution is -2.31. The molecule has 9 heteroatoms. The summed E-state index contributed by atoms with van der Waals surface area (Å²) in [4.78, 5) is 23.4. The van der Waals surface area contributed by atoms with Crippen LogP contribution in [-0.2, 0) is 12.8 Å². The van der Waals surface area contributed by atoms with Crippen LogP contribution in [0.15, 0.2) is 41.7 Å². The lowest BCUT2D eigenvalue weighted by molar-refractivity contribution is -0.463. The molecule has 0 saturated carbocycles.